The van der Waals surface area contributed by atoms with Crippen LogP contribution in [0.25, 0.3) is 0 Å². The molecule has 0 aromatic heterocycles. The standard InChI is InChI=1S/C29H27ClN4O3/c1-33-24-18-34(28(36)25(24)26(32-29(33)37)21-12-14-22(30)15-13-21)23(16-19-8-4-2-5-9-19)27(35)31-17-20-10-6-3-7-11-20/h2-15,23,26H,16-18H2,1H3,(H,31,35)(H,32,37). The Kier molecular flexibility index (Phi) is 6.97. The summed E-state index contributed by atoms with van der Waals surface area (Å²) in [6, 6.07) is 24.6. The van der Waals surface area contributed by atoms with Gasteiger partial charge in [0.15, 0.2) is 0 Å². The molecule has 8 heteroatoms. The zero-order chi connectivity index (χ0) is 25.9. The lowest BCUT2D eigenvalue weighted by Gasteiger charge is -2.31. The van der Waals surface area contributed by atoms with Gasteiger partial charge in [0.1, 0.15) is 6.04 Å². The van der Waals surface area contributed by atoms with Crippen molar-refractivity contribution in [3.05, 3.63) is 118 Å². The molecule has 0 saturated heterocycles. The summed E-state index contributed by atoms with van der Waals surface area (Å²) in [5, 5.41) is 6.50. The molecule has 0 fully saturated rings. The minimum Gasteiger partial charge on any atom is -0.350 e. The maximum atomic E-state index is 13.9. The third kappa shape index (κ3) is 5.08. The first-order chi connectivity index (χ1) is 17.9. The predicted molar refractivity (Wildman–Crippen MR) is 141 cm³/mol. The number of rotatable bonds is 7. The van der Waals surface area contributed by atoms with Gasteiger partial charge in [-0.15, -0.1) is 0 Å². The van der Waals surface area contributed by atoms with Crippen molar-refractivity contribution in [2.45, 2.75) is 25.0 Å². The molecule has 2 atom stereocenters. The second-order valence-corrected chi connectivity index (χ2v) is 9.63. The average Bonchev–Trinajstić information content (AvgIpc) is 3.26. The van der Waals surface area contributed by atoms with Crippen LogP contribution in [0.15, 0.2) is 96.2 Å². The summed E-state index contributed by atoms with van der Waals surface area (Å²) < 4.78 is 0. The van der Waals surface area contributed by atoms with Crippen LogP contribution in [0.1, 0.15) is 22.7 Å². The molecule has 5 rings (SSSR count). The second-order valence-electron chi connectivity index (χ2n) is 9.20. The number of likely N-dealkylation sites (N-methyl/N-ethyl adjacent to an activating group) is 1. The minimum absolute atomic E-state index is 0.165. The van der Waals surface area contributed by atoms with Crippen LogP contribution in [0.2, 0.25) is 5.02 Å². The fourth-order valence-corrected chi connectivity index (χ4v) is 4.96. The van der Waals surface area contributed by atoms with Gasteiger partial charge >= 0.3 is 6.03 Å². The average molecular weight is 515 g/mol. The molecule has 4 amide bonds. The van der Waals surface area contributed by atoms with E-state index in [2.05, 4.69) is 10.6 Å². The fourth-order valence-electron chi connectivity index (χ4n) is 4.83. The number of nitrogens with one attached hydrogen (secondary N) is 2. The van der Waals surface area contributed by atoms with Gasteiger partial charge in [-0.2, -0.15) is 0 Å². The van der Waals surface area contributed by atoms with Crippen molar-refractivity contribution in [1.29, 1.82) is 0 Å². The summed E-state index contributed by atoms with van der Waals surface area (Å²) in [4.78, 5) is 43.3. The van der Waals surface area contributed by atoms with Gasteiger partial charge in [0.05, 0.1) is 23.9 Å². The Bertz CT molecular complexity index is 1340. The topological polar surface area (TPSA) is 81.8 Å². The highest BCUT2D eigenvalue weighted by molar-refractivity contribution is 6.30. The van der Waals surface area contributed by atoms with Crippen LogP contribution in [-0.2, 0) is 22.6 Å². The van der Waals surface area contributed by atoms with Gasteiger partial charge in [0.25, 0.3) is 5.91 Å². The molecule has 37 heavy (non-hydrogen) atoms. The van der Waals surface area contributed by atoms with Gasteiger partial charge in [0.2, 0.25) is 5.91 Å². The molecule has 2 aliphatic heterocycles. The van der Waals surface area contributed by atoms with E-state index < -0.39 is 12.1 Å². The third-order valence-electron chi connectivity index (χ3n) is 6.85. The van der Waals surface area contributed by atoms with E-state index in [4.69, 9.17) is 11.6 Å². The van der Waals surface area contributed by atoms with Crippen LogP contribution in [0.3, 0.4) is 0 Å². The largest absolute Gasteiger partial charge is 0.350 e. The van der Waals surface area contributed by atoms with Crippen molar-refractivity contribution in [3.8, 4) is 0 Å². The smallest absolute Gasteiger partial charge is 0.322 e. The van der Waals surface area contributed by atoms with Crippen molar-refractivity contribution in [2.75, 3.05) is 13.6 Å². The molecule has 0 saturated carbocycles. The molecule has 7 nitrogen and oxygen atoms in total. The summed E-state index contributed by atoms with van der Waals surface area (Å²) in [5.41, 5.74) is 3.73. The van der Waals surface area contributed by atoms with Crippen molar-refractivity contribution >= 4 is 29.4 Å². The van der Waals surface area contributed by atoms with E-state index in [9.17, 15) is 14.4 Å². The first kappa shape index (κ1) is 24.6. The van der Waals surface area contributed by atoms with Gasteiger partial charge in [0, 0.05) is 25.0 Å². The van der Waals surface area contributed by atoms with Crippen LogP contribution >= 0.6 is 11.6 Å². The summed E-state index contributed by atoms with van der Waals surface area (Å²) >= 11 is 6.07. The Morgan fingerprint density at radius 3 is 2.24 bits per heavy atom. The van der Waals surface area contributed by atoms with Gasteiger partial charge < -0.3 is 15.5 Å². The molecule has 0 bridgehead atoms. The molecule has 2 heterocycles. The maximum absolute atomic E-state index is 13.9. The Balaban J connectivity index is 1.45. The lowest BCUT2D eigenvalue weighted by atomic mass is 9.95. The Morgan fingerprint density at radius 2 is 1.59 bits per heavy atom. The monoisotopic (exact) mass is 514 g/mol. The molecular formula is C29H27ClN4O3. The molecule has 3 aromatic carbocycles. The van der Waals surface area contributed by atoms with E-state index in [1.165, 1.54) is 4.90 Å². The molecule has 2 unspecified atom stereocenters. The summed E-state index contributed by atoms with van der Waals surface area (Å²) in [5.74, 6) is -0.511. The molecule has 0 spiro atoms. The number of benzene rings is 3. The third-order valence-corrected chi connectivity index (χ3v) is 7.10. The molecule has 188 valence electrons. The molecule has 0 aliphatic carbocycles. The zero-order valence-electron chi connectivity index (χ0n) is 20.4. The molecule has 3 aromatic rings. The number of amides is 4. The Hall–Kier alpha value is -4.10. The molecule has 2 aliphatic rings. The lowest BCUT2D eigenvalue weighted by molar-refractivity contribution is -0.136. The fraction of sp³-hybridized carbons (Fsp3) is 0.207. The molecule has 0 radical (unpaired) electrons. The number of carbonyl (C=O) groups excluding carboxylic acids is 3. The number of nitrogens with zero attached hydrogens (tertiary/aromatic N) is 2. The van der Waals surface area contributed by atoms with Crippen LogP contribution in [0, 0.1) is 0 Å². The van der Waals surface area contributed by atoms with Crippen LogP contribution in [0.4, 0.5) is 4.79 Å². The molecular weight excluding hydrogens is 488 g/mol. The van der Waals surface area contributed by atoms with Crippen molar-refractivity contribution in [1.82, 2.24) is 20.4 Å². The highest BCUT2D eigenvalue weighted by Gasteiger charge is 2.46. The second kappa shape index (κ2) is 10.5. The quantitative estimate of drug-likeness (QED) is 0.499. The Labute approximate surface area is 220 Å². The van der Waals surface area contributed by atoms with Gasteiger partial charge in [-0.05, 0) is 28.8 Å². The number of hydrogen-bond donors (Lipinski definition) is 2. The first-order valence-corrected chi connectivity index (χ1v) is 12.5. The predicted octanol–water partition coefficient (Wildman–Crippen LogP) is 4.06. The van der Waals surface area contributed by atoms with Gasteiger partial charge in [-0.1, -0.05) is 84.4 Å². The minimum atomic E-state index is -0.751. The number of urea groups is 1. The lowest BCUT2D eigenvalue weighted by Crippen LogP contribution is -2.49. The van der Waals surface area contributed by atoms with E-state index in [0.717, 1.165) is 16.7 Å². The van der Waals surface area contributed by atoms with Crippen LogP contribution < -0.4 is 10.6 Å². The highest BCUT2D eigenvalue weighted by atomic mass is 35.5. The number of hydrogen-bond acceptors (Lipinski definition) is 3. The van der Waals surface area contributed by atoms with E-state index >= 15 is 0 Å². The van der Waals surface area contributed by atoms with E-state index in [1.54, 1.807) is 36.2 Å². The van der Waals surface area contributed by atoms with E-state index in [-0.39, 0.29) is 24.4 Å². The number of halogens is 1. The first-order valence-electron chi connectivity index (χ1n) is 12.1. The van der Waals surface area contributed by atoms with Gasteiger partial charge in [-0.3, -0.25) is 14.5 Å². The summed E-state index contributed by atoms with van der Waals surface area (Å²) in [6.07, 6.45) is 0.352. The van der Waals surface area contributed by atoms with Crippen molar-refractivity contribution in [2.24, 2.45) is 0 Å². The normalized spacial score (nSPS) is 17.9. The van der Waals surface area contributed by atoms with Crippen molar-refractivity contribution in [3.63, 3.8) is 0 Å². The van der Waals surface area contributed by atoms with Crippen LogP contribution in [-0.4, -0.2) is 47.3 Å². The maximum Gasteiger partial charge on any atom is 0.322 e. The van der Waals surface area contributed by atoms with Crippen molar-refractivity contribution < 1.29 is 14.4 Å². The molecule has 2 N–H and O–H groups in total. The van der Waals surface area contributed by atoms with E-state index in [1.807, 2.05) is 60.7 Å². The summed E-state index contributed by atoms with van der Waals surface area (Å²) in [7, 11) is 1.64. The Morgan fingerprint density at radius 1 is 0.973 bits per heavy atom. The van der Waals surface area contributed by atoms with Gasteiger partial charge in [-0.25, -0.2) is 4.79 Å². The zero-order valence-corrected chi connectivity index (χ0v) is 21.1. The highest BCUT2D eigenvalue weighted by Crippen LogP contribution is 2.37. The van der Waals surface area contributed by atoms with E-state index in [0.29, 0.717) is 29.3 Å². The SMILES string of the molecule is CN1C(=O)NC(c2ccc(Cl)cc2)C2=C1CN(C(Cc1ccccc1)C(=O)NCc1ccccc1)C2=O. The van der Waals surface area contributed by atoms with Crippen LogP contribution in [0.5, 0.6) is 0 Å². The summed E-state index contributed by atoms with van der Waals surface area (Å²) in [6.45, 7) is 0.520. The number of carbonyl (C=O) groups is 3.